The van der Waals surface area contributed by atoms with Crippen molar-refractivity contribution in [3.63, 3.8) is 0 Å². The first-order valence-corrected chi connectivity index (χ1v) is 8.93. The molecule has 1 aliphatic rings. The maximum Gasteiger partial charge on any atom is 0.387 e. The molecule has 1 heterocycles. The van der Waals surface area contributed by atoms with Gasteiger partial charge in [0.05, 0.1) is 4.92 Å². The molecular formula is C20H19F2N3O4. The third kappa shape index (κ3) is 5.50. The van der Waals surface area contributed by atoms with E-state index in [1.54, 1.807) is 35.2 Å². The standard InChI is InChI=1S/C20H19F2N3O4/c21-20(22)29-18-8-1-15(2-9-18)3-10-19(26)24-13-11-23(12-14-24)16-4-6-17(7-5-16)25(27)28/h1-10,20H,11-14H2/b10-3+. The summed E-state index contributed by atoms with van der Waals surface area (Å²) in [5.74, 6) is -0.0768. The van der Waals surface area contributed by atoms with Crippen LogP contribution in [0.2, 0.25) is 0 Å². The molecule has 0 atom stereocenters. The van der Waals surface area contributed by atoms with E-state index in [1.807, 2.05) is 0 Å². The average molecular weight is 403 g/mol. The van der Waals surface area contributed by atoms with E-state index in [9.17, 15) is 23.7 Å². The highest BCUT2D eigenvalue weighted by Crippen LogP contribution is 2.21. The van der Waals surface area contributed by atoms with Crippen LogP contribution in [0.25, 0.3) is 6.08 Å². The number of hydrogen-bond donors (Lipinski definition) is 0. The molecule has 152 valence electrons. The summed E-state index contributed by atoms with van der Waals surface area (Å²) in [7, 11) is 0. The zero-order valence-corrected chi connectivity index (χ0v) is 15.4. The zero-order chi connectivity index (χ0) is 20.8. The Balaban J connectivity index is 1.51. The van der Waals surface area contributed by atoms with Crippen molar-refractivity contribution in [2.45, 2.75) is 6.61 Å². The van der Waals surface area contributed by atoms with Crippen molar-refractivity contribution in [2.75, 3.05) is 31.1 Å². The minimum atomic E-state index is -2.87. The molecule has 2 aromatic rings. The summed E-state index contributed by atoms with van der Waals surface area (Å²) >= 11 is 0. The van der Waals surface area contributed by atoms with Crippen LogP contribution >= 0.6 is 0 Å². The molecule has 0 saturated carbocycles. The Kier molecular flexibility index (Phi) is 6.38. The number of ether oxygens (including phenoxy) is 1. The van der Waals surface area contributed by atoms with Gasteiger partial charge in [-0.2, -0.15) is 8.78 Å². The molecule has 2 aromatic carbocycles. The maximum absolute atomic E-state index is 12.4. The second-order valence-electron chi connectivity index (χ2n) is 6.37. The molecule has 0 spiro atoms. The minimum Gasteiger partial charge on any atom is -0.435 e. The van der Waals surface area contributed by atoms with Crippen molar-refractivity contribution in [1.29, 1.82) is 0 Å². The third-order valence-electron chi connectivity index (χ3n) is 4.54. The summed E-state index contributed by atoms with van der Waals surface area (Å²) in [6.45, 7) is -0.570. The lowest BCUT2D eigenvalue weighted by atomic mass is 10.2. The topological polar surface area (TPSA) is 75.9 Å². The number of carbonyl (C=O) groups excluding carboxylic acids is 1. The van der Waals surface area contributed by atoms with E-state index in [2.05, 4.69) is 9.64 Å². The first kappa shape index (κ1) is 20.2. The maximum atomic E-state index is 12.4. The summed E-state index contributed by atoms with van der Waals surface area (Å²) < 4.78 is 28.6. The Hall–Kier alpha value is -3.49. The van der Waals surface area contributed by atoms with E-state index in [0.717, 1.165) is 5.69 Å². The fourth-order valence-electron chi connectivity index (χ4n) is 3.00. The van der Waals surface area contributed by atoms with Gasteiger partial charge in [0, 0.05) is 50.1 Å². The molecule has 1 aliphatic heterocycles. The molecule has 0 aliphatic carbocycles. The van der Waals surface area contributed by atoms with Crippen LogP contribution < -0.4 is 9.64 Å². The number of nitro groups is 1. The van der Waals surface area contributed by atoms with Gasteiger partial charge in [-0.25, -0.2) is 0 Å². The molecule has 1 saturated heterocycles. The molecule has 9 heteroatoms. The second kappa shape index (κ2) is 9.13. The Morgan fingerprint density at radius 2 is 1.66 bits per heavy atom. The summed E-state index contributed by atoms with van der Waals surface area (Å²) in [5, 5.41) is 10.7. The van der Waals surface area contributed by atoms with Gasteiger partial charge in [0.15, 0.2) is 0 Å². The Bertz CT molecular complexity index is 878. The summed E-state index contributed by atoms with van der Waals surface area (Å²) in [6.07, 6.45) is 3.07. The van der Waals surface area contributed by atoms with Crippen LogP contribution in [0.1, 0.15) is 5.56 Å². The molecule has 0 aromatic heterocycles. The van der Waals surface area contributed by atoms with Crippen LogP contribution in [0.15, 0.2) is 54.6 Å². The van der Waals surface area contributed by atoms with Gasteiger partial charge >= 0.3 is 6.61 Å². The Morgan fingerprint density at radius 3 is 2.21 bits per heavy atom. The highest BCUT2D eigenvalue weighted by atomic mass is 19.3. The van der Waals surface area contributed by atoms with Gasteiger partial charge in [0.25, 0.3) is 5.69 Å². The smallest absolute Gasteiger partial charge is 0.387 e. The van der Waals surface area contributed by atoms with Crippen LogP contribution in [0, 0.1) is 10.1 Å². The fourth-order valence-corrected chi connectivity index (χ4v) is 3.00. The van der Waals surface area contributed by atoms with Crippen LogP contribution in [0.4, 0.5) is 20.2 Å². The number of benzene rings is 2. The monoisotopic (exact) mass is 403 g/mol. The van der Waals surface area contributed by atoms with Crippen molar-refractivity contribution < 1.29 is 23.2 Å². The number of hydrogen-bond acceptors (Lipinski definition) is 5. The fraction of sp³-hybridized carbons (Fsp3) is 0.250. The van der Waals surface area contributed by atoms with Crippen molar-refractivity contribution >= 4 is 23.4 Å². The Morgan fingerprint density at radius 1 is 1.03 bits per heavy atom. The highest BCUT2D eigenvalue weighted by molar-refractivity contribution is 5.92. The lowest BCUT2D eigenvalue weighted by molar-refractivity contribution is -0.384. The number of rotatable bonds is 6. The van der Waals surface area contributed by atoms with E-state index >= 15 is 0 Å². The van der Waals surface area contributed by atoms with Gasteiger partial charge < -0.3 is 14.5 Å². The number of anilines is 1. The zero-order valence-electron chi connectivity index (χ0n) is 15.4. The van der Waals surface area contributed by atoms with Crippen molar-refractivity contribution in [2.24, 2.45) is 0 Å². The van der Waals surface area contributed by atoms with Crippen LogP contribution in [-0.2, 0) is 4.79 Å². The number of halogens is 2. The predicted molar refractivity (Wildman–Crippen MR) is 104 cm³/mol. The van der Waals surface area contributed by atoms with Crippen molar-refractivity contribution in [3.05, 3.63) is 70.3 Å². The van der Waals surface area contributed by atoms with E-state index < -0.39 is 11.5 Å². The molecule has 1 amide bonds. The number of nitro benzene ring substituents is 1. The number of alkyl halides is 2. The first-order chi connectivity index (χ1) is 13.9. The third-order valence-corrected chi connectivity index (χ3v) is 4.54. The number of piperazine rings is 1. The number of amides is 1. The SMILES string of the molecule is O=C(/C=C/c1ccc(OC(F)F)cc1)N1CCN(c2ccc([N+](=O)[O-])cc2)CC1. The molecule has 0 bridgehead atoms. The molecule has 0 N–H and O–H groups in total. The lowest BCUT2D eigenvalue weighted by Crippen LogP contribution is -2.48. The van der Waals surface area contributed by atoms with E-state index in [-0.39, 0.29) is 17.3 Å². The summed E-state index contributed by atoms with van der Waals surface area (Å²) in [4.78, 5) is 26.4. The highest BCUT2D eigenvalue weighted by Gasteiger charge is 2.20. The van der Waals surface area contributed by atoms with E-state index in [4.69, 9.17) is 0 Å². The minimum absolute atomic E-state index is 0.0431. The van der Waals surface area contributed by atoms with Gasteiger partial charge in [-0.15, -0.1) is 0 Å². The van der Waals surface area contributed by atoms with Crippen LogP contribution in [0.5, 0.6) is 5.75 Å². The van der Waals surface area contributed by atoms with E-state index in [1.165, 1.54) is 30.3 Å². The average Bonchev–Trinajstić information content (AvgIpc) is 2.73. The molecular weight excluding hydrogens is 384 g/mol. The first-order valence-electron chi connectivity index (χ1n) is 8.93. The molecule has 7 nitrogen and oxygen atoms in total. The normalized spacial score (nSPS) is 14.4. The number of non-ortho nitro benzene ring substituents is 1. The summed E-state index contributed by atoms with van der Waals surface area (Å²) in [6, 6.07) is 12.4. The van der Waals surface area contributed by atoms with Gasteiger partial charge in [0.2, 0.25) is 5.91 Å². The van der Waals surface area contributed by atoms with Crippen molar-refractivity contribution in [1.82, 2.24) is 4.90 Å². The number of nitrogens with zero attached hydrogens (tertiary/aromatic N) is 3. The van der Waals surface area contributed by atoms with Gasteiger partial charge in [-0.3, -0.25) is 14.9 Å². The second-order valence-corrected chi connectivity index (χ2v) is 6.37. The predicted octanol–water partition coefficient (Wildman–Crippen LogP) is 3.56. The lowest BCUT2D eigenvalue weighted by Gasteiger charge is -2.35. The molecule has 1 fully saturated rings. The van der Waals surface area contributed by atoms with Crippen molar-refractivity contribution in [3.8, 4) is 5.75 Å². The molecule has 0 unspecified atom stereocenters. The molecule has 3 rings (SSSR count). The Labute approximate surface area is 165 Å². The largest absolute Gasteiger partial charge is 0.435 e. The quantitative estimate of drug-likeness (QED) is 0.419. The van der Waals surface area contributed by atoms with E-state index in [0.29, 0.717) is 31.7 Å². The number of carbonyl (C=O) groups is 1. The molecule has 29 heavy (non-hydrogen) atoms. The van der Waals surface area contributed by atoms with Gasteiger partial charge in [-0.1, -0.05) is 12.1 Å². The van der Waals surface area contributed by atoms with Crippen LogP contribution in [-0.4, -0.2) is 48.5 Å². The van der Waals surface area contributed by atoms with Gasteiger partial charge in [-0.05, 0) is 35.9 Å². The summed E-state index contributed by atoms with van der Waals surface area (Å²) in [5.41, 5.74) is 1.62. The molecule has 0 radical (unpaired) electrons. The van der Waals surface area contributed by atoms with Gasteiger partial charge in [0.1, 0.15) is 5.75 Å². The van der Waals surface area contributed by atoms with Crippen LogP contribution in [0.3, 0.4) is 0 Å².